The van der Waals surface area contributed by atoms with Gasteiger partial charge in [-0.15, -0.1) is 0 Å². The van der Waals surface area contributed by atoms with Gasteiger partial charge in [0, 0.05) is 69.5 Å². The number of phenols is 1. The monoisotopic (exact) mass is 716 g/mol. The highest BCUT2D eigenvalue weighted by Crippen LogP contribution is 2.33. The van der Waals surface area contributed by atoms with Crippen LogP contribution in [0.1, 0.15) is 43.7 Å². The van der Waals surface area contributed by atoms with E-state index in [1.807, 2.05) is 34.9 Å². The third kappa shape index (κ3) is 9.51. The molecule has 11 nitrogen and oxygen atoms in total. The molecule has 2 N–H and O–H groups in total. The molecule has 0 unspecified atom stereocenters. The Labute approximate surface area is 300 Å². The zero-order chi connectivity index (χ0) is 35.1. The van der Waals surface area contributed by atoms with Crippen molar-refractivity contribution in [2.24, 2.45) is 5.92 Å². The molecule has 4 aliphatic rings. The van der Waals surface area contributed by atoms with E-state index >= 15 is 0 Å². The number of rotatable bonds is 5. The summed E-state index contributed by atoms with van der Waals surface area (Å²) in [6.07, 6.45) is 5.16. The summed E-state index contributed by atoms with van der Waals surface area (Å²) < 4.78 is 4.75. The van der Waals surface area contributed by atoms with Crippen molar-refractivity contribution in [1.29, 1.82) is 0 Å². The summed E-state index contributed by atoms with van der Waals surface area (Å²) in [4.78, 5) is 47.4. The second kappa shape index (κ2) is 17.1. The van der Waals surface area contributed by atoms with E-state index in [-0.39, 0.29) is 45.8 Å². The molecule has 1 atom stereocenters. The first kappa shape index (κ1) is 37.0. The van der Waals surface area contributed by atoms with E-state index in [1.54, 1.807) is 17.0 Å². The fourth-order valence-corrected chi connectivity index (χ4v) is 7.92. The number of piperidine rings is 2. The number of para-hydroxylation sites is 1. The number of anilines is 1. The number of methoxy groups -OCH3 is 1. The Morgan fingerprint density at radius 2 is 1.51 bits per heavy atom. The van der Waals surface area contributed by atoms with Crippen LogP contribution in [0.15, 0.2) is 36.4 Å². The van der Waals surface area contributed by atoms with E-state index in [0.29, 0.717) is 32.1 Å². The van der Waals surface area contributed by atoms with Gasteiger partial charge in [0.25, 0.3) is 0 Å². The van der Waals surface area contributed by atoms with Gasteiger partial charge in [-0.05, 0) is 88.0 Å². The lowest BCUT2D eigenvalue weighted by atomic mass is 9.98. The number of nitrogens with one attached hydrogen (secondary N) is 1. The van der Waals surface area contributed by atoms with E-state index in [2.05, 4.69) is 28.2 Å². The minimum Gasteiger partial charge on any atom is -0.505 e. The molecular formula is C36H50Cl2N6O5. The van der Waals surface area contributed by atoms with Crippen molar-refractivity contribution in [2.75, 3.05) is 78.4 Å². The number of nitrogens with zero attached hydrogens (tertiary/aromatic N) is 5. The quantitative estimate of drug-likeness (QED) is 0.425. The number of likely N-dealkylation sites (tertiary alicyclic amines) is 2. The molecule has 0 saturated carbocycles. The third-order valence-electron chi connectivity index (χ3n) is 10.4. The first-order valence-corrected chi connectivity index (χ1v) is 18.2. The molecule has 0 radical (unpaired) electrons. The smallest absolute Gasteiger partial charge is 0.409 e. The van der Waals surface area contributed by atoms with E-state index in [4.69, 9.17) is 27.9 Å². The van der Waals surface area contributed by atoms with Gasteiger partial charge < -0.3 is 34.8 Å². The Morgan fingerprint density at radius 1 is 0.898 bits per heavy atom. The number of phenolic OH excluding ortho intramolecular Hbond substituents is 1. The summed E-state index contributed by atoms with van der Waals surface area (Å²) in [6.45, 7) is 9.78. The topological polar surface area (TPSA) is 109 Å². The van der Waals surface area contributed by atoms with Crippen LogP contribution < -0.4 is 5.32 Å². The standard InChI is InChI=1S/C20H29Cl2N3O2.C16H21N3O3/c1-14(11-15-12-17(21)19(26)18(22)13-15)20(27)25-9-7-24(8-10-25)16-3-5-23(2)6-4-16;1-22-16(21)18-9-7-13(8-10-18)19-11-6-12-4-2-3-5-14(12)17-15(19)20/h12-14,16,26H,3-11H2,1-2H3;2-5,13H,6-11H2,1H3,(H,17,20)/t14-;/m1./s1. The fourth-order valence-electron chi connectivity index (χ4n) is 7.38. The van der Waals surface area contributed by atoms with E-state index in [0.717, 1.165) is 56.7 Å². The molecule has 4 amide bonds. The molecule has 0 aromatic heterocycles. The lowest BCUT2D eigenvalue weighted by molar-refractivity contribution is -0.137. The average molecular weight is 718 g/mol. The number of piperazine rings is 1. The minimum absolute atomic E-state index is 0.0403. The van der Waals surface area contributed by atoms with Crippen LogP contribution in [0.2, 0.25) is 10.0 Å². The predicted molar refractivity (Wildman–Crippen MR) is 193 cm³/mol. The van der Waals surface area contributed by atoms with Crippen molar-refractivity contribution in [3.63, 3.8) is 0 Å². The molecule has 3 saturated heterocycles. The number of carbonyl (C=O) groups is 3. The molecule has 4 heterocycles. The first-order valence-electron chi connectivity index (χ1n) is 17.4. The Hall–Kier alpha value is -3.25. The Morgan fingerprint density at radius 3 is 2.14 bits per heavy atom. The first-order chi connectivity index (χ1) is 23.5. The zero-order valence-electron chi connectivity index (χ0n) is 28.9. The van der Waals surface area contributed by atoms with Crippen LogP contribution in [-0.4, -0.2) is 133 Å². The normalized spacial score (nSPS) is 20.4. The summed E-state index contributed by atoms with van der Waals surface area (Å²) >= 11 is 12.0. The Balaban J connectivity index is 0.000000195. The van der Waals surface area contributed by atoms with Gasteiger partial charge >= 0.3 is 12.1 Å². The Bertz CT molecular complexity index is 1430. The maximum Gasteiger partial charge on any atom is 0.409 e. The van der Waals surface area contributed by atoms with Crippen molar-refractivity contribution < 1.29 is 24.2 Å². The maximum absolute atomic E-state index is 12.9. The van der Waals surface area contributed by atoms with Crippen molar-refractivity contribution in [2.45, 2.75) is 57.5 Å². The number of urea groups is 1. The van der Waals surface area contributed by atoms with Crippen LogP contribution in [-0.2, 0) is 22.4 Å². The third-order valence-corrected chi connectivity index (χ3v) is 10.9. The zero-order valence-corrected chi connectivity index (χ0v) is 30.4. The highest BCUT2D eigenvalue weighted by Gasteiger charge is 2.32. The van der Waals surface area contributed by atoms with Crippen LogP contribution in [0.4, 0.5) is 15.3 Å². The average Bonchev–Trinajstić information content (AvgIpc) is 3.28. The van der Waals surface area contributed by atoms with Crippen molar-refractivity contribution in [1.82, 2.24) is 24.5 Å². The molecule has 268 valence electrons. The van der Waals surface area contributed by atoms with E-state index in [9.17, 15) is 19.5 Å². The van der Waals surface area contributed by atoms with Crippen LogP contribution in [0, 0.1) is 5.92 Å². The van der Waals surface area contributed by atoms with Crippen LogP contribution in [0.25, 0.3) is 0 Å². The minimum atomic E-state index is -0.286. The number of carbonyl (C=O) groups excluding carboxylic acids is 3. The highest BCUT2D eigenvalue weighted by atomic mass is 35.5. The number of benzene rings is 2. The van der Waals surface area contributed by atoms with E-state index < -0.39 is 0 Å². The molecule has 2 aromatic rings. The number of hydrogen-bond donors (Lipinski definition) is 2. The number of hydrogen-bond acceptors (Lipinski definition) is 7. The largest absolute Gasteiger partial charge is 0.505 e. The van der Waals surface area contributed by atoms with E-state index in [1.165, 1.54) is 38.6 Å². The SMILES string of the molecule is COC(=O)N1CCC(N2CCc3ccccc3NC2=O)CC1.C[C@H](Cc1cc(Cl)c(O)c(Cl)c1)C(=O)N1CCN(C2CCN(C)CC2)CC1. The van der Waals surface area contributed by atoms with Crippen molar-refractivity contribution >= 4 is 46.9 Å². The molecule has 0 bridgehead atoms. The molecule has 3 fully saturated rings. The van der Waals surface area contributed by atoms with Gasteiger partial charge in [-0.2, -0.15) is 0 Å². The van der Waals surface area contributed by atoms with Crippen LogP contribution in [0.5, 0.6) is 5.75 Å². The van der Waals surface area contributed by atoms with Gasteiger partial charge in [-0.3, -0.25) is 9.69 Å². The summed E-state index contributed by atoms with van der Waals surface area (Å²) in [5.41, 5.74) is 2.95. The van der Waals surface area contributed by atoms with Gasteiger partial charge in [0.05, 0.1) is 17.2 Å². The van der Waals surface area contributed by atoms with Crippen LogP contribution >= 0.6 is 23.2 Å². The van der Waals surface area contributed by atoms with Crippen molar-refractivity contribution in [3.8, 4) is 5.75 Å². The molecule has 0 spiro atoms. The Kier molecular flexibility index (Phi) is 12.9. The molecule has 0 aliphatic carbocycles. The summed E-state index contributed by atoms with van der Waals surface area (Å²) in [5.74, 6) is -0.0685. The molecule has 4 aliphatic heterocycles. The van der Waals surface area contributed by atoms with Gasteiger partial charge in [-0.25, -0.2) is 9.59 Å². The number of halogens is 2. The second-order valence-electron chi connectivity index (χ2n) is 13.6. The summed E-state index contributed by atoms with van der Waals surface area (Å²) in [7, 11) is 3.58. The van der Waals surface area contributed by atoms with Gasteiger partial charge in [0.15, 0.2) is 5.75 Å². The fraction of sp³-hybridized carbons (Fsp3) is 0.583. The number of fused-ring (bicyclic) bond motifs is 1. The van der Waals surface area contributed by atoms with Crippen molar-refractivity contribution in [3.05, 3.63) is 57.6 Å². The molecule has 2 aromatic carbocycles. The number of ether oxygens (including phenoxy) is 1. The second-order valence-corrected chi connectivity index (χ2v) is 14.4. The van der Waals surface area contributed by atoms with Gasteiger partial charge in [0.1, 0.15) is 0 Å². The molecule has 13 heteroatoms. The maximum atomic E-state index is 12.9. The van der Waals surface area contributed by atoms with Gasteiger partial charge in [0.2, 0.25) is 5.91 Å². The molecule has 49 heavy (non-hydrogen) atoms. The highest BCUT2D eigenvalue weighted by molar-refractivity contribution is 6.37. The predicted octanol–water partition coefficient (Wildman–Crippen LogP) is 5.42. The number of amides is 4. The number of aromatic hydroxyl groups is 1. The van der Waals surface area contributed by atoms with Crippen LogP contribution in [0.3, 0.4) is 0 Å². The van der Waals surface area contributed by atoms with Gasteiger partial charge in [-0.1, -0.05) is 48.3 Å². The lowest BCUT2D eigenvalue weighted by Crippen LogP contribution is -2.54. The lowest BCUT2D eigenvalue weighted by Gasteiger charge is -2.42. The summed E-state index contributed by atoms with van der Waals surface area (Å²) in [5, 5.41) is 13.1. The summed E-state index contributed by atoms with van der Waals surface area (Å²) in [6, 6.07) is 12.1. The molecule has 6 rings (SSSR count). The molecular weight excluding hydrogens is 667 g/mol.